The summed E-state index contributed by atoms with van der Waals surface area (Å²) in [5.74, 6) is 2.97. The van der Waals surface area contributed by atoms with Crippen molar-refractivity contribution in [3.8, 4) is 5.75 Å². The minimum absolute atomic E-state index is 0.0202. The van der Waals surface area contributed by atoms with E-state index in [0.717, 1.165) is 42.5 Å². The van der Waals surface area contributed by atoms with Gasteiger partial charge >= 0.3 is 6.03 Å². The van der Waals surface area contributed by atoms with E-state index < -0.39 is 0 Å². The molecule has 1 atom stereocenters. The van der Waals surface area contributed by atoms with Gasteiger partial charge in [0.2, 0.25) is 0 Å². The lowest BCUT2D eigenvalue weighted by atomic mass is 10.2. The fourth-order valence-corrected chi connectivity index (χ4v) is 4.44. The molecule has 5 nitrogen and oxygen atoms in total. The zero-order chi connectivity index (χ0) is 16.8. The van der Waals surface area contributed by atoms with Gasteiger partial charge in [-0.2, -0.15) is 11.8 Å². The molecule has 0 aliphatic carbocycles. The number of rotatable bonds is 4. The number of anilines is 1. The zero-order valence-corrected chi connectivity index (χ0v) is 15.2. The molecule has 1 aromatic carbocycles. The van der Waals surface area contributed by atoms with E-state index >= 15 is 0 Å². The first-order chi connectivity index (χ1) is 11.8. The Labute approximate surface area is 148 Å². The van der Waals surface area contributed by atoms with Crippen molar-refractivity contribution in [3.05, 3.63) is 24.3 Å². The molecule has 1 N–H and O–H groups in total. The first-order valence-electron chi connectivity index (χ1n) is 8.78. The van der Waals surface area contributed by atoms with Gasteiger partial charge in [-0.3, -0.25) is 0 Å². The Balaban J connectivity index is 1.64. The molecule has 1 aromatic rings. The van der Waals surface area contributed by atoms with Crippen LogP contribution in [0.3, 0.4) is 0 Å². The number of hydrogen-bond donors (Lipinski definition) is 1. The lowest BCUT2D eigenvalue weighted by Gasteiger charge is -2.32. The van der Waals surface area contributed by atoms with Gasteiger partial charge in [0.15, 0.2) is 0 Å². The molecule has 2 aliphatic heterocycles. The molecule has 24 heavy (non-hydrogen) atoms. The Bertz CT molecular complexity index is 532. The van der Waals surface area contributed by atoms with Crippen molar-refractivity contribution < 1.29 is 9.53 Å². The maximum atomic E-state index is 12.8. The quantitative estimate of drug-likeness (QED) is 0.907. The smallest absolute Gasteiger partial charge is 0.322 e. The van der Waals surface area contributed by atoms with Crippen LogP contribution in [0.2, 0.25) is 0 Å². The summed E-state index contributed by atoms with van der Waals surface area (Å²) in [5.41, 5.74) is 0.817. The van der Waals surface area contributed by atoms with Crippen LogP contribution in [-0.2, 0) is 0 Å². The maximum absolute atomic E-state index is 12.8. The lowest BCUT2D eigenvalue weighted by Crippen LogP contribution is -2.49. The van der Waals surface area contributed by atoms with Crippen molar-refractivity contribution in [2.24, 2.45) is 0 Å². The number of carbonyl (C=O) groups is 1. The minimum Gasteiger partial charge on any atom is -0.497 e. The average molecular weight is 350 g/mol. The van der Waals surface area contributed by atoms with Crippen LogP contribution in [0.25, 0.3) is 0 Å². The molecule has 0 aromatic heterocycles. The molecule has 2 saturated heterocycles. The van der Waals surface area contributed by atoms with Gasteiger partial charge in [0.05, 0.1) is 13.2 Å². The third kappa shape index (κ3) is 4.57. The van der Waals surface area contributed by atoms with Crippen LogP contribution in [0, 0.1) is 0 Å². The number of urea groups is 1. The molecule has 2 fully saturated rings. The van der Waals surface area contributed by atoms with Gasteiger partial charge in [-0.25, -0.2) is 4.79 Å². The number of carbonyl (C=O) groups excluding carboxylic acids is 1. The van der Waals surface area contributed by atoms with Crippen LogP contribution in [-0.4, -0.2) is 66.7 Å². The van der Waals surface area contributed by atoms with Gasteiger partial charge < -0.3 is 19.9 Å². The number of methoxy groups -OCH3 is 1. The lowest BCUT2D eigenvalue weighted by molar-refractivity contribution is 0.173. The number of likely N-dealkylation sites (tertiary alicyclic amines) is 1. The molecule has 2 aliphatic rings. The Morgan fingerprint density at radius 3 is 2.67 bits per heavy atom. The fraction of sp³-hybridized carbons (Fsp3) is 0.611. The number of hydrogen-bond acceptors (Lipinski definition) is 4. The normalized spacial score (nSPS) is 22.2. The van der Waals surface area contributed by atoms with E-state index in [9.17, 15) is 4.79 Å². The van der Waals surface area contributed by atoms with Gasteiger partial charge in [-0.15, -0.1) is 0 Å². The highest BCUT2D eigenvalue weighted by molar-refractivity contribution is 7.99. The predicted octanol–water partition coefficient (Wildman–Crippen LogP) is 3.13. The molecule has 0 saturated carbocycles. The van der Waals surface area contributed by atoms with Gasteiger partial charge in [-0.1, -0.05) is 0 Å². The number of ether oxygens (including phenoxy) is 1. The Hall–Kier alpha value is -1.40. The van der Waals surface area contributed by atoms with Crippen LogP contribution in [0.15, 0.2) is 24.3 Å². The molecule has 0 spiro atoms. The van der Waals surface area contributed by atoms with E-state index in [2.05, 4.69) is 10.2 Å². The van der Waals surface area contributed by atoms with Gasteiger partial charge in [0, 0.05) is 24.5 Å². The van der Waals surface area contributed by atoms with Crippen molar-refractivity contribution in [1.82, 2.24) is 9.80 Å². The topological polar surface area (TPSA) is 44.8 Å². The molecule has 0 bridgehead atoms. The third-order valence-corrected chi connectivity index (χ3v) is 5.91. The van der Waals surface area contributed by atoms with Crippen molar-refractivity contribution in [2.75, 3.05) is 50.1 Å². The van der Waals surface area contributed by atoms with Gasteiger partial charge in [0.1, 0.15) is 5.75 Å². The standard InChI is InChI=1S/C18H27N3O2S/c1-23-17-7-5-15(6-8-17)19-18(22)21-11-4-12-24-14-16(21)13-20-9-2-3-10-20/h5-8,16H,2-4,9-14H2,1H3,(H,19,22). The molecule has 1 unspecified atom stereocenters. The number of nitrogens with one attached hydrogen (secondary N) is 1. The van der Waals surface area contributed by atoms with Gasteiger partial charge in [0.25, 0.3) is 0 Å². The molecule has 132 valence electrons. The Morgan fingerprint density at radius 1 is 1.21 bits per heavy atom. The number of benzene rings is 1. The van der Waals surface area contributed by atoms with Crippen LogP contribution in [0.1, 0.15) is 19.3 Å². The summed E-state index contributed by atoms with van der Waals surface area (Å²) in [6.45, 7) is 4.20. The van der Waals surface area contributed by atoms with Gasteiger partial charge in [-0.05, 0) is 62.4 Å². The summed E-state index contributed by atoms with van der Waals surface area (Å²) < 4.78 is 5.17. The van der Waals surface area contributed by atoms with E-state index in [1.807, 2.05) is 40.9 Å². The summed E-state index contributed by atoms with van der Waals surface area (Å²) in [5, 5.41) is 3.05. The number of thioether (sulfide) groups is 1. The predicted molar refractivity (Wildman–Crippen MR) is 100 cm³/mol. The molecule has 3 rings (SSSR count). The van der Waals surface area contributed by atoms with Crippen molar-refractivity contribution in [2.45, 2.75) is 25.3 Å². The molecular formula is C18H27N3O2S. The largest absolute Gasteiger partial charge is 0.497 e. The fourth-order valence-electron chi connectivity index (χ4n) is 3.38. The highest BCUT2D eigenvalue weighted by atomic mass is 32.2. The van der Waals surface area contributed by atoms with E-state index in [1.54, 1.807) is 7.11 Å². The minimum atomic E-state index is 0.0202. The zero-order valence-electron chi connectivity index (χ0n) is 14.4. The van der Waals surface area contributed by atoms with E-state index in [4.69, 9.17) is 4.74 Å². The summed E-state index contributed by atoms with van der Waals surface area (Å²) in [6, 6.07) is 7.84. The highest BCUT2D eigenvalue weighted by Gasteiger charge is 2.28. The molecule has 2 heterocycles. The second-order valence-corrected chi connectivity index (χ2v) is 7.59. The summed E-state index contributed by atoms with van der Waals surface area (Å²) in [4.78, 5) is 17.4. The first kappa shape index (κ1) is 17.4. The SMILES string of the molecule is COc1ccc(NC(=O)N2CCCSCC2CN2CCCC2)cc1. The van der Waals surface area contributed by atoms with Crippen LogP contribution in [0.4, 0.5) is 10.5 Å². The summed E-state index contributed by atoms with van der Waals surface area (Å²) in [7, 11) is 1.64. The third-order valence-electron chi connectivity index (χ3n) is 4.71. The maximum Gasteiger partial charge on any atom is 0.322 e. The van der Waals surface area contributed by atoms with Crippen LogP contribution < -0.4 is 10.1 Å². The molecular weight excluding hydrogens is 322 g/mol. The van der Waals surface area contributed by atoms with Crippen molar-refractivity contribution in [3.63, 3.8) is 0 Å². The van der Waals surface area contributed by atoms with E-state index in [-0.39, 0.29) is 6.03 Å². The molecule has 6 heteroatoms. The van der Waals surface area contributed by atoms with Crippen LogP contribution in [0.5, 0.6) is 5.75 Å². The molecule has 0 radical (unpaired) electrons. The van der Waals surface area contributed by atoms with Crippen molar-refractivity contribution >= 4 is 23.5 Å². The van der Waals surface area contributed by atoms with E-state index in [0.29, 0.717) is 6.04 Å². The summed E-state index contributed by atoms with van der Waals surface area (Å²) in [6.07, 6.45) is 3.65. The second kappa shape index (κ2) is 8.62. The Kier molecular flexibility index (Phi) is 6.26. The first-order valence-corrected chi connectivity index (χ1v) is 9.93. The highest BCUT2D eigenvalue weighted by Crippen LogP contribution is 2.21. The van der Waals surface area contributed by atoms with E-state index in [1.165, 1.54) is 25.9 Å². The van der Waals surface area contributed by atoms with Crippen LogP contribution >= 0.6 is 11.8 Å². The van der Waals surface area contributed by atoms with Crippen molar-refractivity contribution in [1.29, 1.82) is 0 Å². The second-order valence-electron chi connectivity index (χ2n) is 6.44. The number of amides is 2. The monoisotopic (exact) mass is 349 g/mol. The molecule has 2 amide bonds. The average Bonchev–Trinajstić information content (AvgIpc) is 3.00. The summed E-state index contributed by atoms with van der Waals surface area (Å²) >= 11 is 1.97. The Morgan fingerprint density at radius 2 is 1.96 bits per heavy atom. The number of nitrogens with zero attached hydrogens (tertiary/aromatic N) is 2.